The Morgan fingerprint density at radius 2 is 1.84 bits per heavy atom. The van der Waals surface area contributed by atoms with Crippen LogP contribution in [0.15, 0.2) is 48.5 Å². The molecule has 1 fully saturated rings. The molecule has 2 aromatic rings. The highest BCUT2D eigenvalue weighted by atomic mass is 35.5. The molecule has 0 amide bonds. The molecule has 3 rings (SSSR count). The molecule has 1 aliphatic rings. The molecule has 4 heteroatoms. The molecular formula is C15H9ClFNO. The van der Waals surface area contributed by atoms with Gasteiger partial charge in [-0.3, -0.25) is 0 Å². The van der Waals surface area contributed by atoms with Crippen LogP contribution in [0.2, 0.25) is 5.02 Å². The van der Waals surface area contributed by atoms with E-state index in [9.17, 15) is 9.65 Å². The van der Waals surface area contributed by atoms with Gasteiger partial charge in [0.25, 0.3) is 0 Å². The molecule has 2 nitrogen and oxygen atoms in total. The number of epoxide rings is 1. The summed E-state index contributed by atoms with van der Waals surface area (Å²) in [6.45, 7) is 0. The van der Waals surface area contributed by atoms with Gasteiger partial charge < -0.3 is 4.74 Å². The summed E-state index contributed by atoms with van der Waals surface area (Å²) in [5.41, 5.74) is 0.356. The molecule has 2 atom stereocenters. The molecule has 0 radical (unpaired) electrons. The molecule has 2 aromatic carbocycles. The van der Waals surface area contributed by atoms with Gasteiger partial charge in [-0.05, 0) is 18.2 Å². The minimum atomic E-state index is -1.06. The van der Waals surface area contributed by atoms with E-state index in [1.807, 2.05) is 18.2 Å². The maximum atomic E-state index is 12.9. The zero-order valence-corrected chi connectivity index (χ0v) is 10.6. The van der Waals surface area contributed by atoms with Gasteiger partial charge in [0.2, 0.25) is 5.60 Å². The monoisotopic (exact) mass is 273 g/mol. The zero-order chi connectivity index (χ0) is 13.5. The van der Waals surface area contributed by atoms with Crippen molar-refractivity contribution in [2.75, 3.05) is 0 Å². The molecule has 19 heavy (non-hydrogen) atoms. The van der Waals surface area contributed by atoms with Crippen LogP contribution in [0.5, 0.6) is 0 Å². The van der Waals surface area contributed by atoms with Crippen LogP contribution in [0.3, 0.4) is 0 Å². The van der Waals surface area contributed by atoms with E-state index in [1.54, 1.807) is 18.2 Å². The normalized spacial score (nSPS) is 24.8. The largest absolute Gasteiger partial charge is 0.340 e. The SMILES string of the molecule is N#C[C@@]1(c2ccc(F)cc2)O[C@@H]1c1ccccc1Cl. The first-order chi connectivity index (χ1) is 9.17. The summed E-state index contributed by atoms with van der Waals surface area (Å²) in [4.78, 5) is 0. The van der Waals surface area contributed by atoms with Gasteiger partial charge in [-0.25, -0.2) is 4.39 Å². The van der Waals surface area contributed by atoms with Crippen molar-refractivity contribution < 1.29 is 9.13 Å². The Morgan fingerprint density at radius 1 is 1.16 bits per heavy atom. The summed E-state index contributed by atoms with van der Waals surface area (Å²) in [5.74, 6) is -0.341. The lowest BCUT2D eigenvalue weighted by Crippen LogP contribution is -2.07. The lowest BCUT2D eigenvalue weighted by Gasteiger charge is -2.05. The minimum Gasteiger partial charge on any atom is -0.340 e. The fourth-order valence-electron chi connectivity index (χ4n) is 2.19. The molecule has 1 saturated heterocycles. The first kappa shape index (κ1) is 12.2. The molecule has 0 unspecified atom stereocenters. The van der Waals surface area contributed by atoms with Crippen LogP contribution in [0.1, 0.15) is 17.2 Å². The molecule has 0 saturated carbocycles. The van der Waals surface area contributed by atoms with Gasteiger partial charge in [0.15, 0.2) is 0 Å². The maximum Gasteiger partial charge on any atom is 0.210 e. The Morgan fingerprint density at radius 3 is 2.47 bits per heavy atom. The number of hydrogen-bond acceptors (Lipinski definition) is 2. The van der Waals surface area contributed by atoms with Crippen LogP contribution in [-0.4, -0.2) is 0 Å². The summed E-state index contributed by atoms with van der Waals surface area (Å²) >= 11 is 6.11. The van der Waals surface area contributed by atoms with Gasteiger partial charge in [-0.1, -0.05) is 41.9 Å². The van der Waals surface area contributed by atoms with Crippen LogP contribution in [0.4, 0.5) is 4.39 Å². The summed E-state index contributed by atoms with van der Waals surface area (Å²) in [5, 5.41) is 9.95. The van der Waals surface area contributed by atoms with Crippen LogP contribution in [-0.2, 0) is 10.3 Å². The molecular weight excluding hydrogens is 265 g/mol. The summed E-state index contributed by atoms with van der Waals surface area (Å²) in [6.07, 6.45) is -0.406. The van der Waals surface area contributed by atoms with Crippen molar-refractivity contribution in [1.29, 1.82) is 5.26 Å². The number of ether oxygens (including phenoxy) is 1. The molecule has 1 aliphatic heterocycles. The smallest absolute Gasteiger partial charge is 0.210 e. The molecule has 0 aromatic heterocycles. The second-order valence-corrected chi connectivity index (χ2v) is 4.78. The van der Waals surface area contributed by atoms with Crippen molar-refractivity contribution >= 4 is 11.6 Å². The van der Waals surface area contributed by atoms with Crippen molar-refractivity contribution in [3.8, 4) is 6.07 Å². The Bertz CT molecular complexity index is 665. The van der Waals surface area contributed by atoms with Crippen LogP contribution in [0.25, 0.3) is 0 Å². The van der Waals surface area contributed by atoms with Crippen LogP contribution < -0.4 is 0 Å². The molecule has 0 spiro atoms. The molecule has 1 heterocycles. The Labute approximate surface area is 115 Å². The van der Waals surface area contributed by atoms with E-state index in [4.69, 9.17) is 16.3 Å². The zero-order valence-electron chi connectivity index (χ0n) is 9.81. The lowest BCUT2D eigenvalue weighted by molar-refractivity contribution is 0.340. The Kier molecular flexibility index (Phi) is 2.78. The second kappa shape index (κ2) is 4.34. The Balaban J connectivity index is 1.99. The topological polar surface area (TPSA) is 36.3 Å². The van der Waals surface area contributed by atoms with Gasteiger partial charge >= 0.3 is 0 Å². The van der Waals surface area contributed by atoms with E-state index in [0.29, 0.717) is 10.6 Å². The van der Waals surface area contributed by atoms with Gasteiger partial charge in [0, 0.05) is 16.1 Å². The van der Waals surface area contributed by atoms with E-state index in [0.717, 1.165) is 5.56 Å². The van der Waals surface area contributed by atoms with E-state index < -0.39 is 11.7 Å². The standard InChI is InChI=1S/C15H9ClFNO/c16-13-4-2-1-3-12(13)14-15(9-18,19-14)10-5-7-11(17)8-6-10/h1-8,14H/t14-,15+/m1/s1. The van der Waals surface area contributed by atoms with Crippen molar-refractivity contribution in [2.45, 2.75) is 11.7 Å². The number of hydrogen-bond donors (Lipinski definition) is 0. The van der Waals surface area contributed by atoms with E-state index in [-0.39, 0.29) is 5.82 Å². The molecule has 94 valence electrons. The highest BCUT2D eigenvalue weighted by Crippen LogP contribution is 2.57. The fourth-order valence-corrected chi connectivity index (χ4v) is 2.42. The number of rotatable bonds is 2. The average Bonchev–Trinajstić information content (AvgIpc) is 3.16. The first-order valence-electron chi connectivity index (χ1n) is 5.77. The molecule has 0 aliphatic carbocycles. The van der Waals surface area contributed by atoms with E-state index in [2.05, 4.69) is 6.07 Å². The summed E-state index contributed by atoms with van der Waals surface area (Å²) in [6, 6.07) is 15.2. The molecule has 0 N–H and O–H groups in total. The number of halogens is 2. The van der Waals surface area contributed by atoms with E-state index in [1.165, 1.54) is 12.1 Å². The summed E-state index contributed by atoms with van der Waals surface area (Å²) < 4.78 is 18.5. The third-order valence-corrected chi connectivity index (χ3v) is 3.59. The van der Waals surface area contributed by atoms with Crippen LogP contribution >= 0.6 is 11.6 Å². The second-order valence-electron chi connectivity index (χ2n) is 4.37. The Hall–Kier alpha value is -1.89. The third-order valence-electron chi connectivity index (χ3n) is 3.24. The quantitative estimate of drug-likeness (QED) is 0.776. The fraction of sp³-hybridized carbons (Fsp3) is 0.133. The van der Waals surface area contributed by atoms with Crippen molar-refractivity contribution in [1.82, 2.24) is 0 Å². The van der Waals surface area contributed by atoms with E-state index >= 15 is 0 Å². The number of benzene rings is 2. The van der Waals surface area contributed by atoms with Gasteiger partial charge in [0.05, 0.1) is 0 Å². The lowest BCUT2D eigenvalue weighted by atomic mass is 9.93. The number of nitriles is 1. The third kappa shape index (κ3) is 1.90. The predicted octanol–water partition coefficient (Wildman–Crippen LogP) is 3.97. The van der Waals surface area contributed by atoms with Gasteiger partial charge in [0.1, 0.15) is 18.0 Å². The summed E-state index contributed by atoms with van der Waals surface area (Å²) in [7, 11) is 0. The minimum absolute atomic E-state index is 0.341. The number of nitrogens with zero attached hydrogens (tertiary/aromatic N) is 1. The highest BCUT2D eigenvalue weighted by Gasteiger charge is 2.60. The van der Waals surface area contributed by atoms with Crippen LogP contribution in [0, 0.1) is 17.1 Å². The first-order valence-corrected chi connectivity index (χ1v) is 6.15. The van der Waals surface area contributed by atoms with Gasteiger partial charge in [-0.2, -0.15) is 5.26 Å². The average molecular weight is 274 g/mol. The van der Waals surface area contributed by atoms with Crippen molar-refractivity contribution in [3.05, 3.63) is 70.5 Å². The highest BCUT2D eigenvalue weighted by molar-refractivity contribution is 6.31. The van der Waals surface area contributed by atoms with Gasteiger partial charge in [-0.15, -0.1) is 0 Å². The predicted molar refractivity (Wildman–Crippen MR) is 69.0 cm³/mol. The molecule has 0 bridgehead atoms. The van der Waals surface area contributed by atoms with Crippen molar-refractivity contribution in [3.63, 3.8) is 0 Å². The maximum absolute atomic E-state index is 12.9. The van der Waals surface area contributed by atoms with Crippen molar-refractivity contribution in [2.24, 2.45) is 0 Å².